The van der Waals surface area contributed by atoms with Gasteiger partial charge in [0.2, 0.25) is 0 Å². The minimum absolute atomic E-state index is 0.0148. The number of carbonyl (C=O) groups is 1. The molecule has 1 aromatic carbocycles. The molecule has 0 unspecified atom stereocenters. The molecule has 0 radical (unpaired) electrons. The Balaban J connectivity index is 1.55. The van der Waals surface area contributed by atoms with Gasteiger partial charge in [-0.3, -0.25) is 9.88 Å². The van der Waals surface area contributed by atoms with Crippen LogP contribution >= 0.6 is 0 Å². The van der Waals surface area contributed by atoms with E-state index in [9.17, 15) is 4.79 Å². The number of carbonyl (C=O) groups excluding carboxylic acids is 1. The van der Waals surface area contributed by atoms with Crippen molar-refractivity contribution in [2.24, 2.45) is 11.8 Å². The Bertz CT molecular complexity index is 710. The van der Waals surface area contributed by atoms with Crippen molar-refractivity contribution in [2.45, 2.75) is 33.0 Å². The van der Waals surface area contributed by atoms with Crippen LogP contribution in [0.1, 0.15) is 25.0 Å². The number of aromatic nitrogens is 1. The number of piperidine rings is 1. The van der Waals surface area contributed by atoms with Gasteiger partial charge in [0.25, 0.3) is 0 Å². The molecule has 1 N–H and O–H groups in total. The standard InChI is InChI=1S/C22H30N4O/c1-17-14-26(16-19-8-5-4-6-9-19)15-18(2)21(17)25(3)22(27)24-13-20-10-7-11-23-12-20/h4-12,17-18,21H,13-16H2,1-3H3,(H,24,27)/t17-,18-/m1/s1. The number of hydrogen-bond acceptors (Lipinski definition) is 3. The van der Waals surface area contributed by atoms with Gasteiger partial charge in [-0.25, -0.2) is 4.79 Å². The summed E-state index contributed by atoms with van der Waals surface area (Å²) in [4.78, 5) is 21.2. The summed E-state index contributed by atoms with van der Waals surface area (Å²) in [6.07, 6.45) is 3.53. The number of rotatable bonds is 5. The minimum atomic E-state index is -0.0148. The zero-order valence-electron chi connectivity index (χ0n) is 16.5. The molecule has 2 amide bonds. The molecule has 0 spiro atoms. The van der Waals surface area contributed by atoms with Crippen molar-refractivity contribution in [3.05, 3.63) is 66.0 Å². The van der Waals surface area contributed by atoms with E-state index in [4.69, 9.17) is 0 Å². The SMILES string of the molecule is C[C@@H]1CN(Cc2ccccc2)C[C@@H](C)C1N(C)C(=O)NCc1cccnc1. The van der Waals surface area contributed by atoms with Gasteiger partial charge in [0, 0.05) is 51.7 Å². The van der Waals surface area contributed by atoms with Gasteiger partial charge in [-0.05, 0) is 29.0 Å². The average molecular weight is 367 g/mol. The monoisotopic (exact) mass is 366 g/mol. The predicted molar refractivity (Wildman–Crippen MR) is 108 cm³/mol. The highest BCUT2D eigenvalue weighted by Crippen LogP contribution is 2.27. The Morgan fingerprint density at radius 2 is 1.78 bits per heavy atom. The van der Waals surface area contributed by atoms with E-state index in [-0.39, 0.29) is 12.1 Å². The summed E-state index contributed by atoms with van der Waals surface area (Å²) in [6.45, 7) is 7.99. The maximum atomic E-state index is 12.7. The third-order valence-electron chi connectivity index (χ3n) is 5.44. The minimum Gasteiger partial charge on any atom is -0.334 e. The van der Waals surface area contributed by atoms with Crippen molar-refractivity contribution in [1.82, 2.24) is 20.1 Å². The summed E-state index contributed by atoms with van der Waals surface area (Å²) in [5, 5.41) is 3.02. The van der Waals surface area contributed by atoms with Gasteiger partial charge in [-0.15, -0.1) is 0 Å². The topological polar surface area (TPSA) is 48.5 Å². The van der Waals surface area contributed by atoms with Crippen LogP contribution in [0.25, 0.3) is 0 Å². The molecule has 3 rings (SSSR count). The van der Waals surface area contributed by atoms with E-state index in [0.717, 1.165) is 25.2 Å². The number of urea groups is 1. The summed E-state index contributed by atoms with van der Waals surface area (Å²) < 4.78 is 0. The Kier molecular flexibility index (Phi) is 6.45. The number of amides is 2. The van der Waals surface area contributed by atoms with E-state index in [0.29, 0.717) is 18.4 Å². The molecule has 0 aliphatic carbocycles. The van der Waals surface area contributed by atoms with Crippen LogP contribution in [0, 0.1) is 11.8 Å². The lowest BCUT2D eigenvalue weighted by atomic mass is 9.84. The number of likely N-dealkylation sites (tertiary alicyclic amines) is 1. The number of nitrogens with zero attached hydrogens (tertiary/aromatic N) is 3. The van der Waals surface area contributed by atoms with Crippen LogP contribution in [0.2, 0.25) is 0 Å². The molecule has 1 saturated heterocycles. The highest BCUT2D eigenvalue weighted by molar-refractivity contribution is 5.74. The van der Waals surface area contributed by atoms with Crippen molar-refractivity contribution < 1.29 is 4.79 Å². The van der Waals surface area contributed by atoms with Crippen molar-refractivity contribution in [3.63, 3.8) is 0 Å². The second kappa shape index (κ2) is 9.00. The fraction of sp³-hybridized carbons (Fsp3) is 0.455. The summed E-state index contributed by atoms with van der Waals surface area (Å²) in [5.74, 6) is 0.846. The first-order valence-electron chi connectivity index (χ1n) is 9.70. The van der Waals surface area contributed by atoms with Crippen LogP contribution in [0.3, 0.4) is 0 Å². The Morgan fingerprint density at radius 1 is 1.11 bits per heavy atom. The molecule has 5 heteroatoms. The average Bonchev–Trinajstić information content (AvgIpc) is 2.67. The molecule has 0 bridgehead atoms. The van der Waals surface area contributed by atoms with Crippen molar-refractivity contribution >= 4 is 6.03 Å². The highest BCUT2D eigenvalue weighted by Gasteiger charge is 2.36. The lowest BCUT2D eigenvalue weighted by Gasteiger charge is -2.45. The normalized spacial score (nSPS) is 21.0. The summed E-state index contributed by atoms with van der Waals surface area (Å²) in [5.41, 5.74) is 2.36. The van der Waals surface area contributed by atoms with Gasteiger partial charge in [0.15, 0.2) is 0 Å². The van der Waals surface area contributed by atoms with Gasteiger partial charge >= 0.3 is 6.03 Å². The van der Waals surface area contributed by atoms with Crippen molar-refractivity contribution in [1.29, 1.82) is 0 Å². The lowest BCUT2D eigenvalue weighted by Crippen LogP contribution is -2.56. The van der Waals surface area contributed by atoms with Gasteiger partial charge in [-0.1, -0.05) is 50.2 Å². The molecule has 5 nitrogen and oxygen atoms in total. The van der Waals surface area contributed by atoms with E-state index in [2.05, 4.69) is 59.4 Å². The molecule has 2 aromatic rings. The van der Waals surface area contributed by atoms with Crippen LogP contribution in [-0.2, 0) is 13.1 Å². The van der Waals surface area contributed by atoms with Crippen molar-refractivity contribution in [2.75, 3.05) is 20.1 Å². The smallest absolute Gasteiger partial charge is 0.317 e. The molecular weight excluding hydrogens is 336 g/mol. The highest BCUT2D eigenvalue weighted by atomic mass is 16.2. The van der Waals surface area contributed by atoms with Crippen LogP contribution < -0.4 is 5.32 Å². The van der Waals surface area contributed by atoms with Gasteiger partial charge < -0.3 is 10.2 Å². The molecule has 2 heterocycles. The third kappa shape index (κ3) is 5.07. The third-order valence-corrected chi connectivity index (χ3v) is 5.44. The molecule has 1 aromatic heterocycles. The van der Waals surface area contributed by atoms with Crippen LogP contribution in [0.15, 0.2) is 54.9 Å². The van der Waals surface area contributed by atoms with Crippen LogP contribution in [0.4, 0.5) is 4.79 Å². The van der Waals surface area contributed by atoms with Gasteiger partial charge in [0.1, 0.15) is 0 Å². The van der Waals surface area contributed by atoms with Crippen LogP contribution in [-0.4, -0.2) is 47.0 Å². The number of nitrogens with one attached hydrogen (secondary N) is 1. The van der Waals surface area contributed by atoms with E-state index < -0.39 is 0 Å². The molecule has 2 atom stereocenters. The molecular formula is C22H30N4O. The Labute approximate surface area is 162 Å². The summed E-state index contributed by atoms with van der Waals surface area (Å²) in [7, 11) is 1.92. The first-order chi connectivity index (χ1) is 13.0. The molecule has 0 saturated carbocycles. The second-order valence-electron chi connectivity index (χ2n) is 7.76. The van der Waals surface area contributed by atoms with E-state index in [1.807, 2.05) is 24.1 Å². The quantitative estimate of drug-likeness (QED) is 0.882. The fourth-order valence-electron chi connectivity index (χ4n) is 4.34. The van der Waals surface area contributed by atoms with Gasteiger partial charge in [-0.2, -0.15) is 0 Å². The van der Waals surface area contributed by atoms with E-state index in [1.165, 1.54) is 5.56 Å². The second-order valence-corrected chi connectivity index (χ2v) is 7.76. The first-order valence-corrected chi connectivity index (χ1v) is 9.70. The Morgan fingerprint density at radius 3 is 2.41 bits per heavy atom. The van der Waals surface area contributed by atoms with Gasteiger partial charge in [0.05, 0.1) is 0 Å². The molecule has 1 aliphatic rings. The summed E-state index contributed by atoms with van der Waals surface area (Å²) >= 11 is 0. The van der Waals surface area contributed by atoms with E-state index >= 15 is 0 Å². The maximum Gasteiger partial charge on any atom is 0.317 e. The summed E-state index contributed by atoms with van der Waals surface area (Å²) in [6, 6.07) is 14.7. The molecule has 1 fully saturated rings. The molecule has 1 aliphatic heterocycles. The maximum absolute atomic E-state index is 12.7. The molecule has 144 valence electrons. The number of pyridine rings is 1. The first kappa shape index (κ1) is 19.4. The van der Waals surface area contributed by atoms with Crippen molar-refractivity contribution in [3.8, 4) is 0 Å². The predicted octanol–water partition coefficient (Wildman–Crippen LogP) is 3.38. The zero-order valence-corrected chi connectivity index (χ0v) is 16.5. The van der Waals surface area contributed by atoms with E-state index in [1.54, 1.807) is 12.4 Å². The van der Waals surface area contributed by atoms with Crippen LogP contribution in [0.5, 0.6) is 0 Å². The Hall–Kier alpha value is -2.40. The lowest BCUT2D eigenvalue weighted by molar-refractivity contribution is 0.0479. The largest absolute Gasteiger partial charge is 0.334 e. The molecule has 27 heavy (non-hydrogen) atoms. The number of hydrogen-bond donors (Lipinski definition) is 1. The number of benzene rings is 1. The zero-order chi connectivity index (χ0) is 19.2. The fourth-order valence-corrected chi connectivity index (χ4v) is 4.34.